The van der Waals surface area contributed by atoms with Crippen LogP contribution in [0.25, 0.3) is 0 Å². The van der Waals surface area contributed by atoms with Gasteiger partial charge >= 0.3 is 0 Å². The third-order valence-electron chi connectivity index (χ3n) is 3.82. The first-order valence-electron chi connectivity index (χ1n) is 7.20. The van der Waals surface area contributed by atoms with E-state index in [2.05, 4.69) is 5.32 Å². The molecular weight excluding hydrogens is 238 g/mol. The molecule has 3 nitrogen and oxygen atoms in total. The van der Waals surface area contributed by atoms with Crippen molar-refractivity contribution in [2.75, 3.05) is 13.7 Å². The highest BCUT2D eigenvalue weighted by Gasteiger charge is 2.13. The summed E-state index contributed by atoms with van der Waals surface area (Å²) in [6.45, 7) is 0.441. The van der Waals surface area contributed by atoms with Gasteiger partial charge in [-0.15, -0.1) is 0 Å². The minimum absolute atomic E-state index is 0.159. The number of ether oxygens (including phenoxy) is 1. The summed E-state index contributed by atoms with van der Waals surface area (Å²) in [7, 11) is 1.63. The lowest BCUT2D eigenvalue weighted by Gasteiger charge is -2.15. The molecule has 0 aromatic heterocycles. The largest absolute Gasteiger partial charge is 0.497 e. The summed E-state index contributed by atoms with van der Waals surface area (Å²) in [5.74, 6) is 0.945. The van der Waals surface area contributed by atoms with Gasteiger partial charge in [-0.3, -0.25) is 4.79 Å². The fourth-order valence-electron chi connectivity index (χ4n) is 2.60. The predicted octanol–water partition coefficient (Wildman–Crippen LogP) is 3.19. The monoisotopic (exact) mass is 261 g/mol. The van der Waals surface area contributed by atoms with Gasteiger partial charge in [-0.2, -0.15) is 0 Å². The number of ketones is 1. The molecule has 0 unspecified atom stereocenters. The van der Waals surface area contributed by atoms with Crippen molar-refractivity contribution in [2.24, 2.45) is 0 Å². The summed E-state index contributed by atoms with van der Waals surface area (Å²) < 4.78 is 5.09. The fourth-order valence-corrected chi connectivity index (χ4v) is 2.60. The van der Waals surface area contributed by atoms with Crippen LogP contribution in [0.3, 0.4) is 0 Å². The first-order chi connectivity index (χ1) is 9.29. The van der Waals surface area contributed by atoms with Crippen molar-refractivity contribution < 1.29 is 9.53 Å². The normalized spacial score (nSPS) is 16.9. The second kappa shape index (κ2) is 7.29. The Morgan fingerprint density at radius 2 is 1.79 bits per heavy atom. The predicted molar refractivity (Wildman–Crippen MR) is 76.8 cm³/mol. The van der Waals surface area contributed by atoms with Crippen molar-refractivity contribution in [1.82, 2.24) is 5.32 Å². The molecule has 1 aliphatic rings. The molecule has 19 heavy (non-hydrogen) atoms. The minimum Gasteiger partial charge on any atom is -0.497 e. The molecule has 0 bridgehead atoms. The molecular formula is C16H23NO2. The number of hydrogen-bond acceptors (Lipinski definition) is 3. The van der Waals surface area contributed by atoms with E-state index in [-0.39, 0.29) is 5.78 Å². The van der Waals surface area contributed by atoms with Crippen molar-refractivity contribution >= 4 is 5.78 Å². The third-order valence-corrected chi connectivity index (χ3v) is 3.82. The molecule has 0 atom stereocenters. The Labute approximate surface area is 115 Å². The maximum Gasteiger partial charge on any atom is 0.176 e. The highest BCUT2D eigenvalue weighted by molar-refractivity contribution is 5.97. The number of carbonyl (C=O) groups is 1. The van der Waals surface area contributed by atoms with Crippen molar-refractivity contribution in [3.63, 3.8) is 0 Å². The summed E-state index contributed by atoms with van der Waals surface area (Å²) in [5, 5.41) is 3.41. The molecule has 0 amide bonds. The van der Waals surface area contributed by atoms with Gasteiger partial charge in [0.1, 0.15) is 5.75 Å². The second-order valence-electron chi connectivity index (χ2n) is 5.22. The summed E-state index contributed by atoms with van der Waals surface area (Å²) in [6.07, 6.45) is 7.66. The molecule has 104 valence electrons. The van der Waals surface area contributed by atoms with E-state index in [0.717, 1.165) is 11.3 Å². The lowest BCUT2D eigenvalue weighted by atomic mass is 10.1. The second-order valence-corrected chi connectivity index (χ2v) is 5.22. The van der Waals surface area contributed by atoms with E-state index in [1.54, 1.807) is 7.11 Å². The lowest BCUT2D eigenvalue weighted by Crippen LogP contribution is -2.33. The van der Waals surface area contributed by atoms with Crippen molar-refractivity contribution in [2.45, 2.75) is 44.6 Å². The molecule has 0 heterocycles. The van der Waals surface area contributed by atoms with Crippen LogP contribution in [0.15, 0.2) is 24.3 Å². The van der Waals surface area contributed by atoms with Crippen molar-refractivity contribution in [3.8, 4) is 5.75 Å². The molecule has 1 fully saturated rings. The molecule has 3 heteroatoms. The smallest absolute Gasteiger partial charge is 0.176 e. The van der Waals surface area contributed by atoms with E-state index in [0.29, 0.717) is 12.6 Å². The number of benzene rings is 1. The molecule has 1 aliphatic carbocycles. The average Bonchev–Trinajstić information content (AvgIpc) is 2.73. The van der Waals surface area contributed by atoms with Crippen LogP contribution in [0, 0.1) is 0 Å². The Morgan fingerprint density at radius 1 is 1.16 bits per heavy atom. The number of carbonyl (C=O) groups excluding carboxylic acids is 1. The van der Waals surface area contributed by atoms with Gasteiger partial charge in [0.2, 0.25) is 0 Å². The first-order valence-corrected chi connectivity index (χ1v) is 7.20. The SMILES string of the molecule is COc1ccc(C(=O)CNC2CCCCCC2)cc1. The molecule has 0 radical (unpaired) electrons. The van der Waals surface area contributed by atoms with Crippen LogP contribution in [0.1, 0.15) is 48.9 Å². The number of Topliss-reactive ketones (excluding diaryl/α,β-unsaturated/α-hetero) is 1. The molecule has 2 rings (SSSR count). The highest BCUT2D eigenvalue weighted by Crippen LogP contribution is 2.17. The Morgan fingerprint density at radius 3 is 2.37 bits per heavy atom. The van der Waals surface area contributed by atoms with Crippen LogP contribution in [0.2, 0.25) is 0 Å². The topological polar surface area (TPSA) is 38.3 Å². The molecule has 1 aromatic rings. The summed E-state index contributed by atoms with van der Waals surface area (Å²) in [4.78, 5) is 12.1. The number of methoxy groups -OCH3 is 1. The van der Waals surface area contributed by atoms with E-state index in [1.807, 2.05) is 24.3 Å². The van der Waals surface area contributed by atoms with Crippen LogP contribution in [0.5, 0.6) is 5.75 Å². The van der Waals surface area contributed by atoms with E-state index in [1.165, 1.54) is 38.5 Å². The lowest BCUT2D eigenvalue weighted by molar-refractivity contribution is 0.0986. The molecule has 1 aromatic carbocycles. The zero-order chi connectivity index (χ0) is 13.5. The standard InChI is InChI=1S/C16H23NO2/c1-19-15-10-8-13(9-11-15)16(18)12-17-14-6-4-2-3-5-7-14/h8-11,14,17H,2-7,12H2,1H3. The van der Waals surface area contributed by atoms with Crippen molar-refractivity contribution in [1.29, 1.82) is 0 Å². The number of rotatable bonds is 5. The molecule has 1 saturated carbocycles. The fraction of sp³-hybridized carbons (Fsp3) is 0.562. The molecule has 0 spiro atoms. The molecule has 0 aliphatic heterocycles. The Bertz CT molecular complexity index is 392. The van der Waals surface area contributed by atoms with Gasteiger partial charge in [-0.1, -0.05) is 25.7 Å². The Kier molecular flexibility index (Phi) is 5.40. The van der Waals surface area contributed by atoms with Gasteiger partial charge in [0.25, 0.3) is 0 Å². The summed E-state index contributed by atoms with van der Waals surface area (Å²) in [5.41, 5.74) is 0.752. The van der Waals surface area contributed by atoms with E-state index < -0.39 is 0 Å². The number of nitrogens with one attached hydrogen (secondary N) is 1. The number of hydrogen-bond donors (Lipinski definition) is 1. The van der Waals surface area contributed by atoms with E-state index in [9.17, 15) is 4.79 Å². The van der Waals surface area contributed by atoms with Crippen LogP contribution in [-0.4, -0.2) is 25.5 Å². The summed E-state index contributed by atoms with van der Waals surface area (Å²) in [6, 6.07) is 7.84. The third kappa shape index (κ3) is 4.35. The van der Waals surface area contributed by atoms with E-state index >= 15 is 0 Å². The van der Waals surface area contributed by atoms with Gasteiger partial charge < -0.3 is 10.1 Å². The van der Waals surface area contributed by atoms with Crippen molar-refractivity contribution in [3.05, 3.63) is 29.8 Å². The van der Waals surface area contributed by atoms with Crippen LogP contribution < -0.4 is 10.1 Å². The van der Waals surface area contributed by atoms with Gasteiger partial charge in [0.05, 0.1) is 13.7 Å². The average molecular weight is 261 g/mol. The summed E-state index contributed by atoms with van der Waals surface area (Å²) >= 11 is 0. The minimum atomic E-state index is 0.159. The zero-order valence-corrected chi connectivity index (χ0v) is 11.7. The highest BCUT2D eigenvalue weighted by atomic mass is 16.5. The van der Waals surface area contributed by atoms with E-state index in [4.69, 9.17) is 4.74 Å². The maximum atomic E-state index is 12.1. The molecule has 1 N–H and O–H groups in total. The van der Waals surface area contributed by atoms with Crippen LogP contribution in [0.4, 0.5) is 0 Å². The van der Waals surface area contributed by atoms with Gasteiger partial charge in [-0.25, -0.2) is 0 Å². The first kappa shape index (κ1) is 14.1. The Balaban J connectivity index is 1.82. The van der Waals surface area contributed by atoms with Crippen LogP contribution >= 0.6 is 0 Å². The van der Waals surface area contributed by atoms with Crippen LogP contribution in [-0.2, 0) is 0 Å². The quantitative estimate of drug-likeness (QED) is 0.653. The molecule has 0 saturated heterocycles. The maximum absolute atomic E-state index is 12.1. The Hall–Kier alpha value is -1.35. The van der Waals surface area contributed by atoms with Gasteiger partial charge in [-0.05, 0) is 37.1 Å². The van der Waals surface area contributed by atoms with Gasteiger partial charge in [0.15, 0.2) is 5.78 Å². The van der Waals surface area contributed by atoms with Gasteiger partial charge in [0, 0.05) is 11.6 Å². The zero-order valence-electron chi connectivity index (χ0n) is 11.7.